The molecule has 1 aliphatic heterocycles. The number of ketones is 1. The van der Waals surface area contributed by atoms with Crippen LogP contribution in [0.5, 0.6) is 0 Å². The summed E-state index contributed by atoms with van der Waals surface area (Å²) < 4.78 is 5.23. The van der Waals surface area contributed by atoms with Gasteiger partial charge in [0.1, 0.15) is 6.54 Å². The fraction of sp³-hybridized carbons (Fsp3) is 0.455. The van der Waals surface area contributed by atoms with Gasteiger partial charge in [0.05, 0.1) is 11.8 Å². The first-order valence-electron chi connectivity index (χ1n) is 9.79. The number of amides is 2. The van der Waals surface area contributed by atoms with Crippen LogP contribution in [0.4, 0.5) is 0 Å². The summed E-state index contributed by atoms with van der Waals surface area (Å²) in [6.45, 7) is 1.07. The first-order chi connectivity index (χ1) is 13.5. The summed E-state index contributed by atoms with van der Waals surface area (Å²) in [5.41, 5.74) is 0.448. The van der Waals surface area contributed by atoms with E-state index < -0.39 is 18.6 Å². The van der Waals surface area contributed by atoms with Crippen molar-refractivity contribution in [1.82, 2.24) is 4.90 Å². The molecule has 5 aliphatic rings. The molecule has 28 heavy (non-hydrogen) atoms. The molecule has 2 bridgehead atoms. The molecular formula is C22H21NO5. The Labute approximate surface area is 162 Å². The van der Waals surface area contributed by atoms with Crippen molar-refractivity contribution in [2.45, 2.75) is 19.4 Å². The zero-order valence-electron chi connectivity index (χ0n) is 15.5. The average Bonchev–Trinajstić information content (AvgIpc) is 3.49. The fourth-order valence-corrected chi connectivity index (χ4v) is 5.43. The molecule has 7 atom stereocenters. The van der Waals surface area contributed by atoms with Gasteiger partial charge in [-0.2, -0.15) is 0 Å². The molecule has 0 aromatic heterocycles. The second-order valence-electron chi connectivity index (χ2n) is 8.28. The molecule has 6 rings (SSSR count). The SMILES string of the molecule is C[C@H](OC(=O)CN1C(=O)[C@@H]2[C@H]3C=C[C@@H]([C@@H]4C[C@@H]34)[C@H]2C1=O)C(=O)c1ccccc1. The van der Waals surface area contributed by atoms with Crippen LogP contribution in [0.15, 0.2) is 42.5 Å². The quantitative estimate of drug-likeness (QED) is 0.338. The number of nitrogens with zero attached hydrogens (tertiary/aromatic N) is 1. The number of likely N-dealkylation sites (tertiary alicyclic amines) is 1. The minimum atomic E-state index is -0.976. The first-order valence-corrected chi connectivity index (χ1v) is 9.79. The lowest BCUT2D eigenvalue weighted by Crippen LogP contribution is -2.40. The van der Waals surface area contributed by atoms with E-state index in [1.165, 1.54) is 6.92 Å². The summed E-state index contributed by atoms with van der Waals surface area (Å²) in [4.78, 5) is 51.5. The number of hydrogen-bond acceptors (Lipinski definition) is 5. The summed E-state index contributed by atoms with van der Waals surface area (Å²) >= 11 is 0. The number of allylic oxidation sites excluding steroid dienone is 2. The topological polar surface area (TPSA) is 80.8 Å². The molecule has 144 valence electrons. The van der Waals surface area contributed by atoms with E-state index in [1.807, 2.05) is 0 Å². The van der Waals surface area contributed by atoms with Crippen LogP contribution in [0.1, 0.15) is 23.7 Å². The third-order valence-electron chi connectivity index (χ3n) is 6.78. The number of carbonyl (C=O) groups excluding carboxylic acids is 4. The Bertz CT molecular complexity index is 871. The molecular weight excluding hydrogens is 358 g/mol. The van der Waals surface area contributed by atoms with Crippen LogP contribution in [0.25, 0.3) is 0 Å². The number of benzene rings is 1. The van der Waals surface area contributed by atoms with Crippen molar-refractivity contribution >= 4 is 23.6 Å². The van der Waals surface area contributed by atoms with Crippen LogP contribution in [0.2, 0.25) is 0 Å². The predicted octanol–water partition coefficient (Wildman–Crippen LogP) is 1.85. The smallest absolute Gasteiger partial charge is 0.326 e. The van der Waals surface area contributed by atoms with Gasteiger partial charge in [-0.25, -0.2) is 0 Å². The summed E-state index contributed by atoms with van der Waals surface area (Å²) in [7, 11) is 0. The molecule has 1 aromatic carbocycles. The Hall–Kier alpha value is -2.76. The van der Waals surface area contributed by atoms with Crippen LogP contribution in [-0.2, 0) is 19.1 Å². The Balaban J connectivity index is 1.26. The number of esters is 1. The minimum Gasteiger partial charge on any atom is -0.453 e. The molecule has 2 amide bonds. The third kappa shape index (κ3) is 2.47. The summed E-state index contributed by atoms with van der Waals surface area (Å²) in [6, 6.07) is 8.57. The number of Topliss-reactive ketones (excluding diaryl/α,β-unsaturated/α-hetero) is 1. The third-order valence-corrected chi connectivity index (χ3v) is 6.78. The average molecular weight is 379 g/mol. The standard InChI is InChI=1S/C22H21NO5/c1-11(20(25)12-5-3-2-4-6-12)28-17(24)10-23-21(26)18-13-7-8-14(16-9-15(13)16)19(18)22(23)27/h2-8,11,13-16,18-19H,9-10H2,1H3/t11-,13-,14-,15-,16-,18+,19+/m0/s1. The Morgan fingerprint density at radius 2 is 1.61 bits per heavy atom. The van der Waals surface area contributed by atoms with Crippen molar-refractivity contribution in [3.63, 3.8) is 0 Å². The van der Waals surface area contributed by atoms with Gasteiger partial charge in [0.15, 0.2) is 6.10 Å². The number of ether oxygens (including phenoxy) is 1. The highest BCUT2D eigenvalue weighted by Gasteiger charge is 2.67. The maximum atomic E-state index is 12.9. The highest BCUT2D eigenvalue weighted by Crippen LogP contribution is 2.65. The van der Waals surface area contributed by atoms with E-state index in [0.29, 0.717) is 17.4 Å². The van der Waals surface area contributed by atoms with Gasteiger partial charge in [-0.3, -0.25) is 24.1 Å². The molecule has 1 saturated heterocycles. The Morgan fingerprint density at radius 3 is 2.18 bits per heavy atom. The van der Waals surface area contributed by atoms with E-state index in [0.717, 1.165) is 11.3 Å². The fourth-order valence-electron chi connectivity index (χ4n) is 5.43. The van der Waals surface area contributed by atoms with Gasteiger partial charge in [-0.1, -0.05) is 42.5 Å². The van der Waals surface area contributed by atoms with Crippen molar-refractivity contribution < 1.29 is 23.9 Å². The van der Waals surface area contributed by atoms with Crippen molar-refractivity contribution in [3.8, 4) is 0 Å². The molecule has 4 aliphatic carbocycles. The van der Waals surface area contributed by atoms with E-state index >= 15 is 0 Å². The maximum Gasteiger partial charge on any atom is 0.326 e. The molecule has 1 aromatic rings. The highest BCUT2D eigenvalue weighted by atomic mass is 16.5. The monoisotopic (exact) mass is 379 g/mol. The van der Waals surface area contributed by atoms with E-state index in [9.17, 15) is 19.2 Å². The Morgan fingerprint density at radius 1 is 1.04 bits per heavy atom. The van der Waals surface area contributed by atoms with Crippen LogP contribution in [0.3, 0.4) is 0 Å². The van der Waals surface area contributed by atoms with Crippen molar-refractivity contribution in [2.75, 3.05) is 6.54 Å². The highest BCUT2D eigenvalue weighted by molar-refractivity contribution is 6.08. The molecule has 6 nitrogen and oxygen atoms in total. The summed E-state index contributed by atoms with van der Waals surface area (Å²) in [5.74, 6) is -0.965. The van der Waals surface area contributed by atoms with E-state index in [2.05, 4.69) is 12.2 Å². The summed E-state index contributed by atoms with van der Waals surface area (Å²) in [5, 5.41) is 0. The number of hydrogen-bond donors (Lipinski definition) is 0. The molecule has 0 unspecified atom stereocenters. The van der Waals surface area contributed by atoms with Gasteiger partial charge < -0.3 is 4.74 Å². The van der Waals surface area contributed by atoms with Crippen molar-refractivity contribution in [2.24, 2.45) is 35.5 Å². The largest absolute Gasteiger partial charge is 0.453 e. The first kappa shape index (κ1) is 17.3. The minimum absolute atomic E-state index is 0.121. The summed E-state index contributed by atoms with van der Waals surface area (Å²) in [6.07, 6.45) is 4.30. The van der Waals surface area contributed by atoms with Gasteiger partial charge in [0.25, 0.3) is 0 Å². The normalized spacial score (nSPS) is 35.4. The Kier molecular flexibility index (Phi) is 3.79. The number of rotatable bonds is 5. The van der Waals surface area contributed by atoms with Crippen LogP contribution >= 0.6 is 0 Å². The zero-order chi connectivity index (χ0) is 19.6. The lowest BCUT2D eigenvalue weighted by Gasteiger charge is -2.37. The van der Waals surface area contributed by atoms with Crippen LogP contribution in [0, 0.1) is 35.5 Å². The van der Waals surface area contributed by atoms with E-state index in [4.69, 9.17) is 4.74 Å². The van der Waals surface area contributed by atoms with Crippen LogP contribution < -0.4 is 0 Å². The lowest BCUT2D eigenvalue weighted by atomic mass is 9.63. The van der Waals surface area contributed by atoms with Gasteiger partial charge in [-0.15, -0.1) is 0 Å². The second-order valence-corrected chi connectivity index (χ2v) is 8.28. The van der Waals surface area contributed by atoms with Gasteiger partial charge in [0.2, 0.25) is 17.6 Å². The van der Waals surface area contributed by atoms with Crippen molar-refractivity contribution in [1.29, 1.82) is 0 Å². The van der Waals surface area contributed by atoms with E-state index in [1.54, 1.807) is 30.3 Å². The van der Waals surface area contributed by atoms with Gasteiger partial charge in [-0.05, 0) is 37.0 Å². The lowest BCUT2D eigenvalue weighted by molar-refractivity contribution is -0.154. The molecule has 0 radical (unpaired) electrons. The van der Waals surface area contributed by atoms with Gasteiger partial charge in [0, 0.05) is 5.56 Å². The molecule has 0 N–H and O–H groups in total. The molecule has 6 heteroatoms. The molecule has 0 spiro atoms. The van der Waals surface area contributed by atoms with Crippen molar-refractivity contribution in [3.05, 3.63) is 48.0 Å². The second kappa shape index (κ2) is 6.12. The predicted molar refractivity (Wildman–Crippen MR) is 97.7 cm³/mol. The maximum absolute atomic E-state index is 12.9. The number of imide groups is 1. The molecule has 1 heterocycles. The van der Waals surface area contributed by atoms with E-state index in [-0.39, 0.29) is 41.3 Å². The van der Waals surface area contributed by atoms with Crippen LogP contribution in [-0.4, -0.2) is 41.1 Å². The zero-order valence-corrected chi connectivity index (χ0v) is 15.5. The molecule has 3 fully saturated rings. The number of carbonyl (C=O) groups is 4. The molecule has 2 saturated carbocycles. The van der Waals surface area contributed by atoms with Gasteiger partial charge >= 0.3 is 5.97 Å².